The van der Waals surface area contributed by atoms with Gasteiger partial charge in [0, 0.05) is 12.1 Å². The summed E-state index contributed by atoms with van der Waals surface area (Å²) >= 11 is 0. The van der Waals surface area contributed by atoms with Gasteiger partial charge in [-0.05, 0) is 42.6 Å². The maximum atomic E-state index is 2.95. The summed E-state index contributed by atoms with van der Waals surface area (Å²) < 4.78 is 0. The maximum absolute atomic E-state index is 2.95. The van der Waals surface area contributed by atoms with E-state index >= 15 is 0 Å². The number of hydrogen-bond donors (Lipinski definition) is 0. The Labute approximate surface area is 132 Å². The zero-order chi connectivity index (χ0) is 15.0. The second-order valence-corrected chi connectivity index (χ2v) is 9.13. The summed E-state index contributed by atoms with van der Waals surface area (Å²) in [7, 11) is 0. The van der Waals surface area contributed by atoms with Gasteiger partial charge < -0.3 is 0 Å². The average Bonchev–Trinajstić information content (AvgIpc) is 2.82. The molecular weight excluding hydrogens is 254 g/mol. The largest absolute Gasteiger partial charge is 0.297 e. The van der Waals surface area contributed by atoms with Crippen LogP contribution in [0.4, 0.5) is 0 Å². The van der Waals surface area contributed by atoms with Crippen LogP contribution in [0.2, 0.25) is 0 Å². The van der Waals surface area contributed by atoms with E-state index in [-0.39, 0.29) is 0 Å². The van der Waals surface area contributed by atoms with E-state index in [1.165, 1.54) is 64.3 Å². The van der Waals surface area contributed by atoms with Crippen LogP contribution in [0.25, 0.3) is 0 Å². The number of rotatable bonds is 2. The molecule has 0 aromatic carbocycles. The molecule has 1 heterocycles. The molecule has 3 rings (SSSR count). The Balaban J connectivity index is 1.91. The number of fused-ring (bicyclic) bond motifs is 1. The van der Waals surface area contributed by atoms with E-state index in [0.717, 1.165) is 29.8 Å². The quantitative estimate of drug-likeness (QED) is 0.650. The molecule has 3 aliphatic rings. The van der Waals surface area contributed by atoms with Crippen molar-refractivity contribution in [3.63, 3.8) is 0 Å². The van der Waals surface area contributed by atoms with Crippen molar-refractivity contribution in [2.75, 3.05) is 6.54 Å². The first-order valence-electron chi connectivity index (χ1n) is 9.79. The third kappa shape index (κ3) is 2.92. The van der Waals surface area contributed by atoms with Crippen molar-refractivity contribution in [2.24, 2.45) is 23.2 Å². The molecule has 2 aliphatic carbocycles. The van der Waals surface area contributed by atoms with Gasteiger partial charge in [0.25, 0.3) is 0 Å². The van der Waals surface area contributed by atoms with Crippen LogP contribution in [0.15, 0.2) is 0 Å². The zero-order valence-corrected chi connectivity index (χ0v) is 14.9. The second-order valence-electron chi connectivity index (χ2n) is 9.13. The molecule has 0 aromatic rings. The van der Waals surface area contributed by atoms with Crippen LogP contribution in [0.5, 0.6) is 0 Å². The van der Waals surface area contributed by atoms with E-state index in [4.69, 9.17) is 0 Å². The summed E-state index contributed by atoms with van der Waals surface area (Å²) in [6.45, 7) is 11.2. The van der Waals surface area contributed by atoms with Gasteiger partial charge >= 0.3 is 0 Å². The summed E-state index contributed by atoms with van der Waals surface area (Å²) in [5, 5.41) is 0. The van der Waals surface area contributed by atoms with Crippen LogP contribution in [0.3, 0.4) is 0 Å². The van der Waals surface area contributed by atoms with E-state index in [9.17, 15) is 0 Å². The van der Waals surface area contributed by atoms with E-state index in [1.54, 1.807) is 0 Å². The molecule has 4 atom stereocenters. The van der Waals surface area contributed by atoms with Crippen molar-refractivity contribution in [1.29, 1.82) is 0 Å². The van der Waals surface area contributed by atoms with Crippen molar-refractivity contribution in [1.82, 2.24) is 4.90 Å². The van der Waals surface area contributed by atoms with Crippen LogP contribution in [0.1, 0.15) is 85.5 Å². The Kier molecular flexibility index (Phi) is 4.69. The Bertz CT molecular complexity index is 336. The van der Waals surface area contributed by atoms with Crippen LogP contribution in [-0.4, -0.2) is 23.5 Å². The number of hydrogen-bond acceptors (Lipinski definition) is 1. The normalized spacial score (nSPS) is 39.4. The highest BCUT2D eigenvalue weighted by Crippen LogP contribution is 2.53. The minimum Gasteiger partial charge on any atom is -0.297 e. The highest BCUT2D eigenvalue weighted by Gasteiger charge is 2.54. The van der Waals surface area contributed by atoms with Gasteiger partial charge in [-0.1, -0.05) is 72.6 Å². The lowest BCUT2D eigenvalue weighted by Gasteiger charge is -2.43. The van der Waals surface area contributed by atoms with Gasteiger partial charge in [0.2, 0.25) is 0 Å². The van der Waals surface area contributed by atoms with Crippen LogP contribution in [-0.2, 0) is 0 Å². The van der Waals surface area contributed by atoms with Crippen molar-refractivity contribution in [2.45, 2.75) is 97.6 Å². The van der Waals surface area contributed by atoms with Crippen LogP contribution in [0, 0.1) is 23.2 Å². The molecule has 1 heteroatoms. The van der Waals surface area contributed by atoms with Crippen LogP contribution >= 0.6 is 0 Å². The predicted molar refractivity (Wildman–Crippen MR) is 91.4 cm³/mol. The fourth-order valence-corrected chi connectivity index (χ4v) is 6.29. The van der Waals surface area contributed by atoms with Gasteiger partial charge in [0.05, 0.1) is 0 Å². The van der Waals surface area contributed by atoms with Crippen LogP contribution < -0.4 is 0 Å². The number of likely N-dealkylation sites (tertiary alicyclic amines) is 1. The molecule has 0 N–H and O–H groups in total. The Morgan fingerprint density at radius 1 is 0.857 bits per heavy atom. The lowest BCUT2D eigenvalue weighted by atomic mass is 9.64. The summed E-state index contributed by atoms with van der Waals surface area (Å²) in [4.78, 5) is 2.95. The Morgan fingerprint density at radius 2 is 1.48 bits per heavy atom. The highest BCUT2D eigenvalue weighted by molar-refractivity contribution is 5.06. The zero-order valence-electron chi connectivity index (χ0n) is 14.9. The molecule has 1 nitrogen and oxygen atoms in total. The molecule has 0 aromatic heterocycles. The smallest absolute Gasteiger partial charge is 0.0181 e. The van der Waals surface area contributed by atoms with E-state index in [1.807, 2.05) is 0 Å². The average molecular weight is 292 g/mol. The molecule has 4 unspecified atom stereocenters. The van der Waals surface area contributed by atoms with Gasteiger partial charge in [-0.25, -0.2) is 0 Å². The van der Waals surface area contributed by atoms with Gasteiger partial charge in [-0.3, -0.25) is 4.90 Å². The third-order valence-corrected chi connectivity index (χ3v) is 6.87. The molecule has 1 aliphatic heterocycles. The van der Waals surface area contributed by atoms with E-state index in [0.29, 0.717) is 5.41 Å². The highest BCUT2D eigenvalue weighted by atomic mass is 15.2. The lowest BCUT2D eigenvalue weighted by Crippen LogP contribution is -2.46. The lowest BCUT2D eigenvalue weighted by molar-refractivity contribution is 0.0648. The Hall–Kier alpha value is -0.0400. The topological polar surface area (TPSA) is 3.24 Å². The summed E-state index contributed by atoms with van der Waals surface area (Å²) in [6.07, 6.45) is 13.5. The van der Waals surface area contributed by atoms with Gasteiger partial charge in [0.15, 0.2) is 0 Å². The minimum atomic E-state index is 0.440. The van der Waals surface area contributed by atoms with Crippen molar-refractivity contribution in [3.8, 4) is 0 Å². The molecule has 0 bridgehead atoms. The molecule has 0 spiro atoms. The summed E-state index contributed by atoms with van der Waals surface area (Å²) in [6, 6.07) is 1.75. The molecule has 0 radical (unpaired) electrons. The summed E-state index contributed by atoms with van der Waals surface area (Å²) in [5.74, 6) is 3.05. The van der Waals surface area contributed by atoms with Crippen molar-refractivity contribution in [3.05, 3.63) is 0 Å². The molecule has 21 heavy (non-hydrogen) atoms. The molecule has 1 saturated heterocycles. The van der Waals surface area contributed by atoms with Crippen molar-refractivity contribution < 1.29 is 0 Å². The van der Waals surface area contributed by atoms with Crippen molar-refractivity contribution >= 4 is 0 Å². The van der Waals surface area contributed by atoms with Gasteiger partial charge in [-0.15, -0.1) is 0 Å². The first-order valence-corrected chi connectivity index (χ1v) is 9.79. The fraction of sp³-hybridized carbons (Fsp3) is 1.00. The van der Waals surface area contributed by atoms with E-state index < -0.39 is 0 Å². The Morgan fingerprint density at radius 3 is 2.10 bits per heavy atom. The monoisotopic (exact) mass is 291 g/mol. The standard InChI is InChI=1S/C20H37N/c1-5-21-17-14-10-9-13-16(17)18(19(21)20(2,3)4)15-11-7-6-8-12-15/h15-19H,5-14H2,1-4H3. The first-order chi connectivity index (χ1) is 10.0. The SMILES string of the molecule is CCN1C2CCCCC2C(C2CCCCC2)C1C(C)(C)C. The molecule has 122 valence electrons. The molecular formula is C20H37N. The third-order valence-electron chi connectivity index (χ3n) is 6.87. The molecule has 0 amide bonds. The fourth-order valence-electron chi connectivity index (χ4n) is 6.29. The molecule has 3 fully saturated rings. The first kappa shape index (κ1) is 15.8. The number of nitrogens with zero attached hydrogens (tertiary/aromatic N) is 1. The minimum absolute atomic E-state index is 0.440. The van der Waals surface area contributed by atoms with Gasteiger partial charge in [0.1, 0.15) is 0 Å². The maximum Gasteiger partial charge on any atom is 0.0181 e. The summed E-state index contributed by atoms with van der Waals surface area (Å²) in [5.41, 5.74) is 0.440. The molecule has 2 saturated carbocycles. The second kappa shape index (κ2) is 6.22. The van der Waals surface area contributed by atoms with Gasteiger partial charge in [-0.2, -0.15) is 0 Å². The predicted octanol–water partition coefficient (Wildman–Crippen LogP) is 5.49. The van der Waals surface area contributed by atoms with E-state index in [2.05, 4.69) is 32.6 Å².